The fourth-order valence-corrected chi connectivity index (χ4v) is 2.18. The van der Waals surface area contributed by atoms with Crippen LogP contribution in [-0.2, 0) is 6.54 Å². The van der Waals surface area contributed by atoms with Crippen molar-refractivity contribution in [3.63, 3.8) is 0 Å². The summed E-state index contributed by atoms with van der Waals surface area (Å²) in [5.41, 5.74) is 6.79. The minimum Gasteiger partial charge on any atom is -0.493 e. The summed E-state index contributed by atoms with van der Waals surface area (Å²) < 4.78 is 10.4. The van der Waals surface area contributed by atoms with Crippen molar-refractivity contribution in [3.8, 4) is 11.5 Å². The van der Waals surface area contributed by atoms with Gasteiger partial charge < -0.3 is 20.5 Å². The molecular formula is C17H18N2O4. The first-order chi connectivity index (χ1) is 11.1. The largest absolute Gasteiger partial charge is 0.493 e. The number of hydrogen-bond donors (Lipinski definition) is 2. The van der Waals surface area contributed by atoms with Crippen LogP contribution in [0.3, 0.4) is 0 Å². The monoisotopic (exact) mass is 314 g/mol. The lowest BCUT2D eigenvalue weighted by atomic mass is 10.1. The van der Waals surface area contributed by atoms with E-state index < -0.39 is 5.91 Å². The average Bonchev–Trinajstić information content (AvgIpc) is 2.58. The number of carbonyl (C=O) groups is 2. The lowest BCUT2D eigenvalue weighted by Crippen LogP contribution is -2.23. The lowest BCUT2D eigenvalue weighted by molar-refractivity contribution is 0.0946. The van der Waals surface area contributed by atoms with Gasteiger partial charge in [0.2, 0.25) is 5.91 Å². The summed E-state index contributed by atoms with van der Waals surface area (Å²) in [7, 11) is 2.99. The van der Waals surface area contributed by atoms with E-state index in [0.717, 1.165) is 5.56 Å². The van der Waals surface area contributed by atoms with Crippen LogP contribution in [0.25, 0.3) is 0 Å². The van der Waals surface area contributed by atoms with Gasteiger partial charge in [0, 0.05) is 12.1 Å². The molecule has 0 heterocycles. The van der Waals surface area contributed by atoms with Gasteiger partial charge in [-0.3, -0.25) is 9.59 Å². The summed E-state index contributed by atoms with van der Waals surface area (Å²) in [6, 6.07) is 11.9. The minimum absolute atomic E-state index is 0.264. The predicted octanol–water partition coefficient (Wildman–Crippen LogP) is 1.73. The summed E-state index contributed by atoms with van der Waals surface area (Å²) in [6.07, 6.45) is 0. The van der Waals surface area contributed by atoms with Crippen LogP contribution < -0.4 is 20.5 Å². The maximum atomic E-state index is 12.3. The van der Waals surface area contributed by atoms with Crippen LogP contribution in [0.4, 0.5) is 0 Å². The smallest absolute Gasteiger partial charge is 0.255 e. The van der Waals surface area contributed by atoms with E-state index in [9.17, 15) is 9.59 Å². The molecule has 2 aromatic rings. The van der Waals surface area contributed by atoms with E-state index in [1.807, 2.05) is 0 Å². The van der Waals surface area contributed by atoms with Crippen molar-refractivity contribution in [2.45, 2.75) is 6.54 Å². The molecule has 0 aliphatic rings. The number of carbonyl (C=O) groups excluding carboxylic acids is 2. The van der Waals surface area contributed by atoms with E-state index in [2.05, 4.69) is 5.32 Å². The maximum absolute atomic E-state index is 12.3. The van der Waals surface area contributed by atoms with Crippen molar-refractivity contribution in [1.29, 1.82) is 0 Å². The third-order valence-electron chi connectivity index (χ3n) is 3.31. The number of nitrogens with two attached hydrogens (primary N) is 1. The Kier molecular flexibility index (Phi) is 5.19. The first kappa shape index (κ1) is 16.4. The van der Waals surface area contributed by atoms with Gasteiger partial charge in [-0.1, -0.05) is 18.2 Å². The van der Waals surface area contributed by atoms with Crippen LogP contribution >= 0.6 is 0 Å². The minimum atomic E-state index is -0.507. The molecule has 2 aromatic carbocycles. The van der Waals surface area contributed by atoms with Gasteiger partial charge in [-0.05, 0) is 29.8 Å². The fourth-order valence-electron chi connectivity index (χ4n) is 2.18. The summed E-state index contributed by atoms with van der Waals surface area (Å²) in [6.45, 7) is 0.264. The molecule has 0 aromatic heterocycles. The Hall–Kier alpha value is -3.02. The Balaban J connectivity index is 2.14. The number of primary amides is 1. The van der Waals surface area contributed by atoms with Gasteiger partial charge in [0.05, 0.1) is 19.8 Å². The molecule has 0 atom stereocenters. The molecule has 2 amide bonds. The zero-order valence-corrected chi connectivity index (χ0v) is 13.0. The van der Waals surface area contributed by atoms with Crippen molar-refractivity contribution >= 4 is 11.8 Å². The van der Waals surface area contributed by atoms with Crippen LogP contribution in [-0.4, -0.2) is 26.0 Å². The molecule has 6 nitrogen and oxygen atoms in total. The maximum Gasteiger partial charge on any atom is 0.255 e. The van der Waals surface area contributed by atoms with Crippen LogP contribution in [0.15, 0.2) is 42.5 Å². The number of methoxy groups -OCH3 is 2. The van der Waals surface area contributed by atoms with Gasteiger partial charge in [0.15, 0.2) is 11.5 Å². The number of nitrogens with one attached hydrogen (secondary N) is 1. The molecule has 120 valence electrons. The van der Waals surface area contributed by atoms with E-state index in [0.29, 0.717) is 22.6 Å². The van der Waals surface area contributed by atoms with Gasteiger partial charge in [-0.25, -0.2) is 0 Å². The highest BCUT2D eigenvalue weighted by Crippen LogP contribution is 2.30. The Labute approximate surface area is 134 Å². The zero-order chi connectivity index (χ0) is 16.8. The number of amides is 2. The Morgan fingerprint density at radius 3 is 2.48 bits per heavy atom. The van der Waals surface area contributed by atoms with E-state index in [4.69, 9.17) is 15.2 Å². The molecule has 0 radical (unpaired) electrons. The number of ether oxygens (including phenoxy) is 2. The van der Waals surface area contributed by atoms with Crippen molar-refractivity contribution < 1.29 is 19.1 Å². The first-order valence-electron chi connectivity index (χ1n) is 6.94. The van der Waals surface area contributed by atoms with Crippen molar-refractivity contribution in [2.75, 3.05) is 14.2 Å². The molecule has 0 aliphatic heterocycles. The summed E-state index contributed by atoms with van der Waals surface area (Å²) >= 11 is 0. The molecule has 3 N–H and O–H groups in total. The predicted molar refractivity (Wildman–Crippen MR) is 85.7 cm³/mol. The molecule has 2 rings (SSSR count). The van der Waals surface area contributed by atoms with Gasteiger partial charge in [0.25, 0.3) is 5.91 Å². The second kappa shape index (κ2) is 7.31. The molecule has 0 saturated carbocycles. The van der Waals surface area contributed by atoms with Gasteiger partial charge >= 0.3 is 0 Å². The molecule has 0 bridgehead atoms. The topological polar surface area (TPSA) is 90.6 Å². The summed E-state index contributed by atoms with van der Waals surface area (Å²) in [5.74, 6) is 0.0483. The molecule has 0 aliphatic carbocycles. The second-order valence-corrected chi connectivity index (χ2v) is 4.79. The van der Waals surface area contributed by atoms with E-state index in [-0.39, 0.29) is 12.5 Å². The standard InChI is InChI=1S/C17H18N2O4/c1-22-14-8-4-7-13(15(14)23-2)17(21)19-10-11-5-3-6-12(9-11)16(18)20/h3-9H,10H2,1-2H3,(H2,18,20)(H,19,21). The van der Waals surface area contributed by atoms with Crippen molar-refractivity contribution in [2.24, 2.45) is 5.73 Å². The SMILES string of the molecule is COc1cccc(C(=O)NCc2cccc(C(N)=O)c2)c1OC. The van der Waals surface area contributed by atoms with Crippen molar-refractivity contribution in [1.82, 2.24) is 5.32 Å². The molecular weight excluding hydrogens is 296 g/mol. The molecule has 0 unspecified atom stereocenters. The molecule has 0 fully saturated rings. The Bertz CT molecular complexity index is 728. The van der Waals surface area contributed by atoms with Crippen LogP contribution in [0.2, 0.25) is 0 Å². The Morgan fingerprint density at radius 1 is 1.09 bits per heavy atom. The van der Waals surface area contributed by atoms with E-state index >= 15 is 0 Å². The van der Waals surface area contributed by atoms with E-state index in [1.165, 1.54) is 14.2 Å². The van der Waals surface area contributed by atoms with Crippen LogP contribution in [0.5, 0.6) is 11.5 Å². The summed E-state index contributed by atoms with van der Waals surface area (Å²) in [4.78, 5) is 23.5. The Morgan fingerprint density at radius 2 is 1.83 bits per heavy atom. The quantitative estimate of drug-likeness (QED) is 0.849. The molecule has 0 saturated heterocycles. The molecule has 6 heteroatoms. The summed E-state index contributed by atoms with van der Waals surface area (Å²) in [5, 5.41) is 2.78. The molecule has 0 spiro atoms. The van der Waals surface area contributed by atoms with E-state index in [1.54, 1.807) is 42.5 Å². The molecule has 23 heavy (non-hydrogen) atoms. The van der Waals surface area contributed by atoms with Gasteiger partial charge in [0.1, 0.15) is 0 Å². The lowest BCUT2D eigenvalue weighted by Gasteiger charge is -2.12. The van der Waals surface area contributed by atoms with Gasteiger partial charge in [-0.2, -0.15) is 0 Å². The third-order valence-corrected chi connectivity index (χ3v) is 3.31. The normalized spacial score (nSPS) is 10.0. The highest BCUT2D eigenvalue weighted by molar-refractivity contribution is 5.97. The highest BCUT2D eigenvalue weighted by atomic mass is 16.5. The number of rotatable bonds is 6. The van der Waals surface area contributed by atoms with Gasteiger partial charge in [-0.15, -0.1) is 0 Å². The second-order valence-electron chi connectivity index (χ2n) is 4.79. The average molecular weight is 314 g/mol. The van der Waals surface area contributed by atoms with Crippen LogP contribution in [0.1, 0.15) is 26.3 Å². The zero-order valence-electron chi connectivity index (χ0n) is 13.0. The number of hydrogen-bond acceptors (Lipinski definition) is 4. The first-order valence-corrected chi connectivity index (χ1v) is 6.94. The third kappa shape index (κ3) is 3.79. The highest BCUT2D eigenvalue weighted by Gasteiger charge is 2.16. The fraction of sp³-hybridized carbons (Fsp3) is 0.176. The number of benzene rings is 2. The van der Waals surface area contributed by atoms with Crippen molar-refractivity contribution in [3.05, 3.63) is 59.2 Å². The van der Waals surface area contributed by atoms with Crippen LogP contribution in [0, 0.1) is 0 Å². The number of para-hydroxylation sites is 1.